The second kappa shape index (κ2) is 5.52. The zero-order valence-electron chi connectivity index (χ0n) is 13.0. The van der Waals surface area contributed by atoms with Crippen LogP contribution < -0.4 is 10.2 Å². The molecule has 0 spiro atoms. The van der Waals surface area contributed by atoms with Crippen LogP contribution in [-0.4, -0.2) is 25.7 Å². The van der Waals surface area contributed by atoms with E-state index in [0.717, 1.165) is 31.3 Å². The van der Waals surface area contributed by atoms with Crippen molar-refractivity contribution in [2.45, 2.75) is 39.9 Å². The lowest BCUT2D eigenvalue weighted by Gasteiger charge is -2.42. The summed E-state index contributed by atoms with van der Waals surface area (Å²) in [5.74, 6) is 0. The van der Waals surface area contributed by atoms with E-state index in [4.69, 9.17) is 0 Å². The van der Waals surface area contributed by atoms with E-state index < -0.39 is 11.7 Å². The van der Waals surface area contributed by atoms with Gasteiger partial charge in [-0.2, -0.15) is 13.2 Å². The molecule has 1 fully saturated rings. The summed E-state index contributed by atoms with van der Waals surface area (Å²) in [5.41, 5.74) is 1.08. The van der Waals surface area contributed by atoms with Gasteiger partial charge in [-0.25, -0.2) is 0 Å². The molecule has 1 aliphatic rings. The number of nitrogens with one attached hydrogen (secondary N) is 1. The Morgan fingerprint density at radius 2 is 1.86 bits per heavy atom. The summed E-state index contributed by atoms with van der Waals surface area (Å²) in [4.78, 5) is 2.07. The van der Waals surface area contributed by atoms with Crippen LogP contribution in [0.1, 0.15) is 31.9 Å². The number of anilines is 1. The normalized spacial score (nSPS) is 20.7. The summed E-state index contributed by atoms with van der Waals surface area (Å²) >= 11 is 0. The lowest BCUT2D eigenvalue weighted by Crippen LogP contribution is -2.56. The van der Waals surface area contributed by atoms with Crippen LogP contribution in [-0.2, 0) is 6.18 Å². The fourth-order valence-corrected chi connectivity index (χ4v) is 2.68. The number of benzene rings is 1. The van der Waals surface area contributed by atoms with E-state index in [9.17, 15) is 13.2 Å². The van der Waals surface area contributed by atoms with E-state index >= 15 is 0 Å². The second-order valence-electron chi connectivity index (χ2n) is 6.82. The molecular formula is C16H23F3N2. The first-order chi connectivity index (χ1) is 9.59. The molecule has 2 nitrogen and oxygen atoms in total. The highest BCUT2D eigenvalue weighted by atomic mass is 19.4. The average molecular weight is 300 g/mol. The monoisotopic (exact) mass is 300 g/mol. The number of nitrogens with zero attached hydrogens (tertiary/aromatic N) is 1. The lowest BCUT2D eigenvalue weighted by atomic mass is 9.85. The van der Waals surface area contributed by atoms with Gasteiger partial charge in [0.15, 0.2) is 0 Å². The van der Waals surface area contributed by atoms with Crippen molar-refractivity contribution in [3.63, 3.8) is 0 Å². The molecule has 1 aromatic rings. The average Bonchev–Trinajstić information content (AvgIpc) is 2.37. The number of hydrogen-bond acceptors (Lipinski definition) is 2. The number of rotatable bonds is 1. The lowest BCUT2D eigenvalue weighted by molar-refractivity contribution is -0.137. The zero-order valence-corrected chi connectivity index (χ0v) is 13.0. The fourth-order valence-electron chi connectivity index (χ4n) is 2.68. The predicted molar refractivity (Wildman–Crippen MR) is 79.6 cm³/mol. The Bertz CT molecular complexity index is 503. The summed E-state index contributed by atoms with van der Waals surface area (Å²) in [6.07, 6.45) is -4.29. The molecule has 0 aromatic heterocycles. The van der Waals surface area contributed by atoms with Crippen molar-refractivity contribution in [3.8, 4) is 0 Å². The van der Waals surface area contributed by atoms with Crippen molar-refractivity contribution in [1.82, 2.24) is 5.32 Å². The van der Waals surface area contributed by atoms with Crippen molar-refractivity contribution >= 4 is 5.69 Å². The number of hydrogen-bond donors (Lipinski definition) is 1. The molecule has 1 saturated heterocycles. The molecule has 1 aliphatic heterocycles. The molecule has 0 amide bonds. The Kier molecular flexibility index (Phi) is 4.24. The maximum atomic E-state index is 12.9. The summed E-state index contributed by atoms with van der Waals surface area (Å²) in [5, 5.41) is 3.46. The van der Waals surface area contributed by atoms with Gasteiger partial charge in [-0.05, 0) is 30.0 Å². The van der Waals surface area contributed by atoms with Crippen LogP contribution in [0, 0.1) is 12.3 Å². The van der Waals surface area contributed by atoms with E-state index in [0.29, 0.717) is 5.69 Å². The summed E-state index contributed by atoms with van der Waals surface area (Å²) in [7, 11) is 0. The highest BCUT2D eigenvalue weighted by Crippen LogP contribution is 2.34. The number of alkyl halides is 3. The standard InChI is InChI=1S/C16H23F3N2/c1-11-5-6-12(16(17,18)19)9-13(11)21-8-7-20-14(10-21)15(2,3)4/h5-6,9,14,20H,7-8,10H2,1-4H3. The van der Waals surface area contributed by atoms with E-state index in [2.05, 4.69) is 31.0 Å². The maximum absolute atomic E-state index is 12.9. The number of aryl methyl sites for hydroxylation is 1. The van der Waals surface area contributed by atoms with Gasteiger partial charge in [0.05, 0.1) is 5.56 Å². The Hall–Kier alpha value is -1.23. The smallest absolute Gasteiger partial charge is 0.368 e. The van der Waals surface area contributed by atoms with Gasteiger partial charge in [0.2, 0.25) is 0 Å². The first-order valence-electron chi connectivity index (χ1n) is 7.25. The van der Waals surface area contributed by atoms with E-state index in [1.807, 2.05) is 6.92 Å². The van der Waals surface area contributed by atoms with Gasteiger partial charge in [0.1, 0.15) is 0 Å². The minimum absolute atomic E-state index is 0.0776. The van der Waals surface area contributed by atoms with Gasteiger partial charge >= 0.3 is 6.18 Å². The minimum atomic E-state index is -4.29. The topological polar surface area (TPSA) is 15.3 Å². The third kappa shape index (κ3) is 3.70. The quantitative estimate of drug-likeness (QED) is 0.848. The van der Waals surface area contributed by atoms with Gasteiger partial charge in [-0.15, -0.1) is 0 Å². The molecule has 2 rings (SSSR count). The molecule has 5 heteroatoms. The van der Waals surface area contributed by atoms with Gasteiger partial charge in [-0.3, -0.25) is 0 Å². The van der Waals surface area contributed by atoms with Gasteiger partial charge in [-0.1, -0.05) is 26.8 Å². The molecular weight excluding hydrogens is 277 g/mol. The largest absolute Gasteiger partial charge is 0.416 e. The van der Waals surface area contributed by atoms with Crippen LogP contribution in [0.5, 0.6) is 0 Å². The molecule has 1 unspecified atom stereocenters. The highest BCUT2D eigenvalue weighted by Gasteiger charge is 2.33. The molecule has 0 aliphatic carbocycles. The third-order valence-electron chi connectivity index (χ3n) is 4.10. The summed E-state index contributed by atoms with van der Waals surface area (Å²) < 4.78 is 38.7. The van der Waals surface area contributed by atoms with Crippen LogP contribution in [0.4, 0.5) is 18.9 Å². The van der Waals surface area contributed by atoms with Crippen molar-refractivity contribution in [1.29, 1.82) is 0 Å². The van der Waals surface area contributed by atoms with Crippen molar-refractivity contribution in [2.24, 2.45) is 5.41 Å². The predicted octanol–water partition coefficient (Wildman–Crippen LogP) is 3.84. The summed E-state index contributed by atoms with van der Waals surface area (Å²) in [6.45, 7) is 10.6. The van der Waals surface area contributed by atoms with Crippen molar-refractivity contribution in [3.05, 3.63) is 29.3 Å². The Balaban J connectivity index is 2.29. The molecule has 1 N–H and O–H groups in total. The Morgan fingerprint density at radius 3 is 2.43 bits per heavy atom. The molecule has 0 radical (unpaired) electrons. The first kappa shape index (κ1) is 16.1. The first-order valence-corrected chi connectivity index (χ1v) is 7.25. The molecule has 21 heavy (non-hydrogen) atoms. The maximum Gasteiger partial charge on any atom is 0.416 e. The van der Waals surface area contributed by atoms with E-state index in [1.165, 1.54) is 6.07 Å². The number of piperazine rings is 1. The van der Waals surface area contributed by atoms with Crippen molar-refractivity contribution in [2.75, 3.05) is 24.5 Å². The van der Waals surface area contributed by atoms with E-state index in [1.54, 1.807) is 6.07 Å². The third-order valence-corrected chi connectivity index (χ3v) is 4.10. The second-order valence-corrected chi connectivity index (χ2v) is 6.82. The molecule has 1 heterocycles. The molecule has 0 saturated carbocycles. The van der Waals surface area contributed by atoms with Crippen LogP contribution in [0.15, 0.2) is 18.2 Å². The molecule has 118 valence electrons. The Labute approximate surface area is 124 Å². The van der Waals surface area contributed by atoms with Gasteiger partial charge in [0.25, 0.3) is 0 Å². The Morgan fingerprint density at radius 1 is 1.19 bits per heavy atom. The SMILES string of the molecule is Cc1ccc(C(F)(F)F)cc1N1CCNC(C(C)(C)C)C1. The van der Waals surface area contributed by atoms with Crippen molar-refractivity contribution < 1.29 is 13.2 Å². The van der Waals surface area contributed by atoms with Crippen LogP contribution in [0.2, 0.25) is 0 Å². The van der Waals surface area contributed by atoms with Gasteiger partial charge in [0, 0.05) is 31.4 Å². The van der Waals surface area contributed by atoms with Crippen LogP contribution in [0.25, 0.3) is 0 Å². The molecule has 0 bridgehead atoms. The van der Waals surface area contributed by atoms with Crippen LogP contribution >= 0.6 is 0 Å². The molecule has 1 atom stereocenters. The van der Waals surface area contributed by atoms with Gasteiger partial charge < -0.3 is 10.2 Å². The zero-order chi connectivity index (χ0) is 15.8. The minimum Gasteiger partial charge on any atom is -0.368 e. The van der Waals surface area contributed by atoms with Crippen LogP contribution in [0.3, 0.4) is 0 Å². The summed E-state index contributed by atoms with van der Waals surface area (Å²) in [6, 6.07) is 4.26. The van der Waals surface area contributed by atoms with E-state index in [-0.39, 0.29) is 11.5 Å². The number of halogens is 3. The highest BCUT2D eigenvalue weighted by molar-refractivity contribution is 5.56. The fraction of sp³-hybridized carbons (Fsp3) is 0.625. The molecule has 1 aromatic carbocycles.